The van der Waals surface area contributed by atoms with Gasteiger partial charge in [-0.2, -0.15) is 0 Å². The van der Waals surface area contributed by atoms with Crippen molar-refractivity contribution in [3.05, 3.63) is 95.6 Å². The number of amides is 2. The van der Waals surface area contributed by atoms with Gasteiger partial charge >= 0.3 is 0 Å². The maximum atomic E-state index is 14.1. The lowest BCUT2D eigenvalue weighted by atomic mass is 9.95. The van der Waals surface area contributed by atoms with Gasteiger partial charge in [0, 0.05) is 12.6 Å². The third kappa shape index (κ3) is 7.30. The van der Waals surface area contributed by atoms with Crippen LogP contribution in [0.15, 0.2) is 83.8 Å². The van der Waals surface area contributed by atoms with Crippen LogP contribution in [-0.4, -0.2) is 43.8 Å². The van der Waals surface area contributed by atoms with Gasteiger partial charge < -0.3 is 10.2 Å². The minimum absolute atomic E-state index is 0.0969. The van der Waals surface area contributed by atoms with E-state index < -0.39 is 28.5 Å². The Hall–Kier alpha value is -3.65. The molecule has 0 saturated heterocycles. The summed E-state index contributed by atoms with van der Waals surface area (Å²) in [4.78, 5) is 29.0. The van der Waals surface area contributed by atoms with Gasteiger partial charge in [-0.3, -0.25) is 13.9 Å². The molecule has 0 aromatic heterocycles. The van der Waals surface area contributed by atoms with Crippen molar-refractivity contribution in [3.8, 4) is 0 Å². The SMILES string of the molecule is Cc1cc(C)cc(N(CC(=O)N(Cc2ccccc2)[C@@H](C)C(=O)NC2CCCCC2)S(=O)(=O)c2ccccc2)c1. The molecule has 1 N–H and O–H groups in total. The lowest BCUT2D eigenvalue weighted by Crippen LogP contribution is -2.53. The number of sulfonamides is 1. The molecule has 0 aliphatic heterocycles. The average Bonchev–Trinajstić information content (AvgIpc) is 2.95. The van der Waals surface area contributed by atoms with Crippen molar-refractivity contribution >= 4 is 27.5 Å². The van der Waals surface area contributed by atoms with Gasteiger partial charge in [0.25, 0.3) is 10.0 Å². The van der Waals surface area contributed by atoms with Gasteiger partial charge in [-0.25, -0.2) is 8.42 Å². The van der Waals surface area contributed by atoms with Crippen LogP contribution in [0.25, 0.3) is 0 Å². The van der Waals surface area contributed by atoms with Crippen molar-refractivity contribution in [1.29, 1.82) is 0 Å². The number of nitrogens with zero attached hydrogens (tertiary/aromatic N) is 2. The van der Waals surface area contributed by atoms with Crippen LogP contribution in [0, 0.1) is 13.8 Å². The zero-order valence-corrected chi connectivity index (χ0v) is 24.4. The van der Waals surface area contributed by atoms with E-state index in [2.05, 4.69) is 5.32 Å². The second kappa shape index (κ2) is 13.1. The number of aryl methyl sites for hydroxylation is 2. The molecule has 1 fully saturated rings. The van der Waals surface area contributed by atoms with Crippen molar-refractivity contribution in [2.45, 2.75) is 76.4 Å². The fraction of sp³-hybridized carbons (Fsp3) is 0.375. The zero-order valence-electron chi connectivity index (χ0n) is 23.5. The molecule has 4 rings (SSSR count). The molecule has 1 aliphatic rings. The summed E-state index contributed by atoms with van der Waals surface area (Å²) in [5.41, 5.74) is 3.04. The van der Waals surface area contributed by atoms with Gasteiger partial charge in [0.2, 0.25) is 11.8 Å². The van der Waals surface area contributed by atoms with Crippen molar-refractivity contribution in [2.24, 2.45) is 0 Å². The minimum Gasteiger partial charge on any atom is -0.352 e. The van der Waals surface area contributed by atoms with E-state index in [9.17, 15) is 18.0 Å². The summed E-state index contributed by atoms with van der Waals surface area (Å²) in [5.74, 6) is -0.672. The summed E-state index contributed by atoms with van der Waals surface area (Å²) >= 11 is 0. The number of nitrogens with one attached hydrogen (secondary N) is 1. The maximum Gasteiger partial charge on any atom is 0.264 e. The molecule has 0 radical (unpaired) electrons. The van der Waals surface area contributed by atoms with Gasteiger partial charge in [-0.1, -0.05) is 73.9 Å². The number of hydrogen-bond donors (Lipinski definition) is 1. The molecule has 2 amide bonds. The molecule has 40 heavy (non-hydrogen) atoms. The Morgan fingerprint density at radius 3 is 2.05 bits per heavy atom. The van der Waals surface area contributed by atoms with Gasteiger partial charge in [0.05, 0.1) is 10.6 Å². The van der Waals surface area contributed by atoms with Gasteiger partial charge in [0.1, 0.15) is 12.6 Å². The summed E-state index contributed by atoms with van der Waals surface area (Å²) in [6, 6.07) is 22.4. The largest absolute Gasteiger partial charge is 0.352 e. The first-order valence-electron chi connectivity index (χ1n) is 13.9. The molecule has 0 heterocycles. The van der Waals surface area contributed by atoms with Crippen molar-refractivity contribution < 1.29 is 18.0 Å². The number of anilines is 1. The van der Waals surface area contributed by atoms with E-state index in [1.54, 1.807) is 37.3 Å². The molecule has 3 aromatic rings. The Morgan fingerprint density at radius 1 is 0.875 bits per heavy atom. The highest BCUT2D eigenvalue weighted by Gasteiger charge is 2.33. The quantitative estimate of drug-likeness (QED) is 0.361. The summed E-state index contributed by atoms with van der Waals surface area (Å²) in [6.07, 6.45) is 5.19. The van der Waals surface area contributed by atoms with Crippen LogP contribution in [0.2, 0.25) is 0 Å². The van der Waals surface area contributed by atoms with Crippen LogP contribution in [0.3, 0.4) is 0 Å². The van der Waals surface area contributed by atoms with E-state index in [1.807, 2.05) is 50.2 Å². The molecule has 0 unspecified atom stereocenters. The molecule has 3 aromatic carbocycles. The molecule has 0 spiro atoms. The van der Waals surface area contributed by atoms with Crippen LogP contribution in [0.5, 0.6) is 0 Å². The van der Waals surface area contributed by atoms with E-state index in [1.165, 1.54) is 23.5 Å². The maximum absolute atomic E-state index is 14.1. The second-order valence-electron chi connectivity index (χ2n) is 10.7. The Labute approximate surface area is 238 Å². The van der Waals surface area contributed by atoms with Crippen LogP contribution >= 0.6 is 0 Å². The smallest absolute Gasteiger partial charge is 0.264 e. The Kier molecular flexibility index (Phi) is 9.63. The van der Waals surface area contributed by atoms with E-state index in [-0.39, 0.29) is 23.4 Å². The molecular formula is C32H39N3O4S. The third-order valence-corrected chi connectivity index (χ3v) is 9.21. The van der Waals surface area contributed by atoms with Gasteiger partial charge in [-0.15, -0.1) is 0 Å². The third-order valence-electron chi connectivity index (χ3n) is 7.42. The molecule has 7 nitrogen and oxygen atoms in total. The summed E-state index contributed by atoms with van der Waals surface area (Å²) in [5, 5.41) is 3.13. The second-order valence-corrected chi connectivity index (χ2v) is 12.6. The van der Waals surface area contributed by atoms with Crippen molar-refractivity contribution in [3.63, 3.8) is 0 Å². The molecule has 8 heteroatoms. The number of benzene rings is 3. The monoisotopic (exact) mass is 561 g/mol. The summed E-state index contributed by atoms with van der Waals surface area (Å²) in [7, 11) is -4.07. The topological polar surface area (TPSA) is 86.8 Å². The fourth-order valence-electron chi connectivity index (χ4n) is 5.27. The summed E-state index contributed by atoms with van der Waals surface area (Å²) in [6.45, 7) is 5.25. The van der Waals surface area contributed by atoms with Crippen LogP contribution in [0.1, 0.15) is 55.7 Å². The number of carbonyl (C=O) groups is 2. The van der Waals surface area contributed by atoms with Gasteiger partial charge in [0.15, 0.2) is 0 Å². The predicted molar refractivity (Wildman–Crippen MR) is 158 cm³/mol. The predicted octanol–water partition coefficient (Wildman–Crippen LogP) is 5.36. The summed E-state index contributed by atoms with van der Waals surface area (Å²) < 4.78 is 29.0. The van der Waals surface area contributed by atoms with Crippen LogP contribution in [-0.2, 0) is 26.2 Å². The molecule has 1 saturated carbocycles. The first-order chi connectivity index (χ1) is 19.1. The van der Waals surface area contributed by atoms with Crippen molar-refractivity contribution in [2.75, 3.05) is 10.8 Å². The normalized spacial score (nSPS) is 14.8. The number of carbonyl (C=O) groups excluding carboxylic acids is 2. The average molecular weight is 562 g/mol. The van der Waals surface area contributed by atoms with Crippen molar-refractivity contribution in [1.82, 2.24) is 10.2 Å². The molecule has 0 bridgehead atoms. The molecule has 212 valence electrons. The van der Waals surface area contributed by atoms with E-state index in [0.29, 0.717) is 5.69 Å². The van der Waals surface area contributed by atoms with E-state index in [0.717, 1.165) is 46.7 Å². The zero-order chi connectivity index (χ0) is 28.7. The Balaban J connectivity index is 1.68. The molecule has 1 atom stereocenters. The molecule has 1 aliphatic carbocycles. The highest BCUT2D eigenvalue weighted by atomic mass is 32.2. The van der Waals surface area contributed by atoms with Gasteiger partial charge in [-0.05, 0) is 74.6 Å². The first-order valence-corrected chi connectivity index (χ1v) is 15.4. The van der Waals surface area contributed by atoms with Crippen LogP contribution < -0.4 is 9.62 Å². The van der Waals surface area contributed by atoms with E-state index in [4.69, 9.17) is 0 Å². The lowest BCUT2D eigenvalue weighted by molar-refractivity contribution is -0.139. The van der Waals surface area contributed by atoms with Crippen LogP contribution in [0.4, 0.5) is 5.69 Å². The first kappa shape index (κ1) is 29.3. The lowest BCUT2D eigenvalue weighted by Gasteiger charge is -2.33. The van der Waals surface area contributed by atoms with E-state index >= 15 is 0 Å². The fourth-order valence-corrected chi connectivity index (χ4v) is 6.69. The number of hydrogen-bond acceptors (Lipinski definition) is 4. The number of rotatable bonds is 10. The standard InChI is InChI=1S/C32H39N3O4S/c1-24-19-25(2)21-29(20-24)35(40(38,39)30-17-11-6-12-18-30)23-31(36)34(22-27-13-7-4-8-14-27)26(3)32(37)33-28-15-9-5-10-16-28/h4,6-8,11-14,17-21,26,28H,5,9-10,15-16,22-23H2,1-3H3,(H,33,37)/t26-/m0/s1. The highest BCUT2D eigenvalue weighted by Crippen LogP contribution is 2.27. The molecular weight excluding hydrogens is 522 g/mol. The highest BCUT2D eigenvalue weighted by molar-refractivity contribution is 7.92. The minimum atomic E-state index is -4.07. The Bertz CT molecular complexity index is 1380. The Morgan fingerprint density at radius 2 is 1.45 bits per heavy atom.